The molecule has 0 radical (unpaired) electrons. The Morgan fingerprint density at radius 1 is 1.20 bits per heavy atom. The normalized spacial score (nSPS) is 16.4. The van der Waals surface area contributed by atoms with Crippen molar-refractivity contribution in [2.24, 2.45) is 0 Å². The first-order valence-corrected chi connectivity index (χ1v) is 10.6. The molecule has 0 spiro atoms. The zero-order valence-corrected chi connectivity index (χ0v) is 17.8. The summed E-state index contributed by atoms with van der Waals surface area (Å²) < 4.78 is 0. The number of carbonyl (C=O) groups excluding carboxylic acids is 2. The van der Waals surface area contributed by atoms with Crippen LogP contribution in [-0.4, -0.2) is 28.6 Å². The first kappa shape index (κ1) is 20.3. The molecule has 152 valence electrons. The number of hydrogen-bond acceptors (Lipinski definition) is 5. The third kappa shape index (κ3) is 4.58. The third-order valence-electron chi connectivity index (χ3n) is 4.85. The van der Waals surface area contributed by atoms with E-state index < -0.39 is 0 Å². The molecule has 0 saturated carbocycles. The number of rotatable bonds is 5. The van der Waals surface area contributed by atoms with Gasteiger partial charge in [0, 0.05) is 35.7 Å². The first-order chi connectivity index (χ1) is 14.5. The van der Waals surface area contributed by atoms with E-state index in [1.54, 1.807) is 23.1 Å². The zero-order valence-electron chi connectivity index (χ0n) is 16.2. The number of benzene rings is 2. The molecule has 6 nitrogen and oxygen atoms in total. The van der Waals surface area contributed by atoms with Crippen LogP contribution in [0.5, 0.6) is 0 Å². The van der Waals surface area contributed by atoms with Crippen LogP contribution in [0.2, 0.25) is 5.02 Å². The molecule has 1 fully saturated rings. The number of anilines is 2. The van der Waals surface area contributed by atoms with E-state index in [1.165, 1.54) is 17.4 Å². The molecule has 0 bridgehead atoms. The van der Waals surface area contributed by atoms with Crippen LogP contribution >= 0.6 is 22.9 Å². The highest BCUT2D eigenvalue weighted by molar-refractivity contribution is 7.15. The van der Waals surface area contributed by atoms with Gasteiger partial charge in [0.05, 0.1) is 0 Å². The van der Waals surface area contributed by atoms with Gasteiger partial charge in [0.25, 0.3) is 0 Å². The van der Waals surface area contributed by atoms with Crippen molar-refractivity contribution >= 4 is 51.6 Å². The topological polar surface area (TPSA) is 75.2 Å². The van der Waals surface area contributed by atoms with Crippen molar-refractivity contribution in [2.75, 3.05) is 16.8 Å². The second-order valence-electron chi connectivity index (χ2n) is 7.01. The van der Waals surface area contributed by atoms with E-state index in [0.29, 0.717) is 23.1 Å². The van der Waals surface area contributed by atoms with Crippen LogP contribution < -0.4 is 10.2 Å². The predicted octanol–water partition coefficient (Wildman–Crippen LogP) is 4.67. The number of aryl methyl sites for hydroxylation is 1. The van der Waals surface area contributed by atoms with Crippen molar-refractivity contribution in [1.29, 1.82) is 0 Å². The van der Waals surface area contributed by atoms with Crippen molar-refractivity contribution < 1.29 is 9.59 Å². The molecule has 1 saturated heterocycles. The largest absolute Gasteiger partial charge is 0.311 e. The number of hydrogen-bond donors (Lipinski definition) is 1. The van der Waals surface area contributed by atoms with Crippen LogP contribution in [-0.2, 0) is 9.59 Å². The summed E-state index contributed by atoms with van der Waals surface area (Å²) in [5.41, 5.74) is 2.85. The fourth-order valence-electron chi connectivity index (χ4n) is 3.32. The first-order valence-electron chi connectivity index (χ1n) is 9.43. The van der Waals surface area contributed by atoms with Gasteiger partial charge < -0.3 is 4.90 Å². The Morgan fingerprint density at radius 2 is 1.97 bits per heavy atom. The molecule has 2 heterocycles. The standard InChI is InChI=1S/C22H19ClN4O2S/c1-14-4-2-3-5-18(14)27-13-16(12-20(27)29)21-25-26-22(30-21)24-19(28)11-8-15-6-9-17(23)10-7-15/h2-11,16H,12-13H2,1H3,(H,24,26,28)/b11-8+. The predicted molar refractivity (Wildman–Crippen MR) is 120 cm³/mol. The SMILES string of the molecule is Cc1ccccc1N1CC(c2nnc(NC(=O)/C=C/c3ccc(Cl)cc3)s2)CC1=O. The molecule has 0 aliphatic carbocycles. The number of para-hydroxylation sites is 1. The summed E-state index contributed by atoms with van der Waals surface area (Å²) in [4.78, 5) is 26.5. The highest BCUT2D eigenvalue weighted by Gasteiger charge is 2.34. The Morgan fingerprint density at radius 3 is 2.73 bits per heavy atom. The van der Waals surface area contributed by atoms with Gasteiger partial charge in [0.15, 0.2) is 0 Å². The minimum absolute atomic E-state index is 0.0372. The average molecular weight is 439 g/mol. The summed E-state index contributed by atoms with van der Waals surface area (Å²) in [6.45, 7) is 2.55. The van der Waals surface area contributed by atoms with E-state index in [4.69, 9.17) is 11.6 Å². The summed E-state index contributed by atoms with van der Waals surface area (Å²) in [6.07, 6.45) is 3.51. The quantitative estimate of drug-likeness (QED) is 0.587. The summed E-state index contributed by atoms with van der Waals surface area (Å²) in [7, 11) is 0. The maximum Gasteiger partial charge on any atom is 0.250 e. The highest BCUT2D eigenvalue weighted by atomic mass is 35.5. The van der Waals surface area contributed by atoms with E-state index >= 15 is 0 Å². The lowest BCUT2D eigenvalue weighted by Gasteiger charge is -2.18. The fourth-order valence-corrected chi connectivity index (χ4v) is 4.28. The zero-order chi connectivity index (χ0) is 21.1. The molecule has 1 aliphatic heterocycles. The highest BCUT2D eigenvalue weighted by Crippen LogP contribution is 2.35. The van der Waals surface area contributed by atoms with Crippen molar-refractivity contribution in [3.05, 3.63) is 75.8 Å². The summed E-state index contributed by atoms with van der Waals surface area (Å²) in [5, 5.41) is 12.8. The van der Waals surface area contributed by atoms with Crippen LogP contribution in [0, 0.1) is 6.92 Å². The van der Waals surface area contributed by atoms with Gasteiger partial charge in [-0.25, -0.2) is 0 Å². The Bertz CT molecular complexity index is 1110. The molecule has 30 heavy (non-hydrogen) atoms. The molecule has 1 aromatic heterocycles. The van der Waals surface area contributed by atoms with E-state index in [2.05, 4.69) is 15.5 Å². The molecule has 1 unspecified atom stereocenters. The second kappa shape index (κ2) is 8.77. The van der Waals surface area contributed by atoms with Crippen molar-refractivity contribution in [2.45, 2.75) is 19.3 Å². The minimum atomic E-state index is -0.295. The summed E-state index contributed by atoms with van der Waals surface area (Å²) in [6, 6.07) is 15.0. The molecule has 4 rings (SSSR count). The van der Waals surface area contributed by atoms with Gasteiger partial charge in [-0.2, -0.15) is 0 Å². The van der Waals surface area contributed by atoms with Crippen LogP contribution in [0.25, 0.3) is 6.08 Å². The van der Waals surface area contributed by atoms with Crippen molar-refractivity contribution in [3.8, 4) is 0 Å². The Kier molecular flexibility index (Phi) is 5.92. The number of amides is 2. The molecule has 8 heteroatoms. The molecular formula is C22H19ClN4O2S. The molecule has 3 aromatic rings. The fraction of sp³-hybridized carbons (Fsp3) is 0.182. The Balaban J connectivity index is 1.39. The summed E-state index contributed by atoms with van der Waals surface area (Å²) >= 11 is 7.16. The van der Waals surface area contributed by atoms with Gasteiger partial charge in [0.2, 0.25) is 16.9 Å². The van der Waals surface area contributed by atoms with Gasteiger partial charge >= 0.3 is 0 Å². The third-order valence-corrected chi connectivity index (χ3v) is 6.10. The van der Waals surface area contributed by atoms with Crippen molar-refractivity contribution in [1.82, 2.24) is 10.2 Å². The van der Waals surface area contributed by atoms with Crippen molar-refractivity contribution in [3.63, 3.8) is 0 Å². The molecule has 1 atom stereocenters. The van der Waals surface area contributed by atoms with E-state index in [1.807, 2.05) is 43.3 Å². The number of halogens is 1. The van der Waals surface area contributed by atoms with Crippen LogP contribution in [0.1, 0.15) is 28.5 Å². The molecule has 2 amide bonds. The van der Waals surface area contributed by atoms with E-state index in [0.717, 1.165) is 21.8 Å². The average Bonchev–Trinajstić information content (AvgIpc) is 3.34. The number of carbonyl (C=O) groups is 2. The Labute approximate surface area is 183 Å². The molecule has 1 aliphatic rings. The summed E-state index contributed by atoms with van der Waals surface area (Å²) in [5.74, 6) is -0.262. The van der Waals surface area contributed by atoms with Crippen LogP contribution in [0.3, 0.4) is 0 Å². The number of nitrogens with one attached hydrogen (secondary N) is 1. The lowest BCUT2D eigenvalue weighted by atomic mass is 10.1. The molecule has 2 aromatic carbocycles. The van der Waals surface area contributed by atoms with Gasteiger partial charge in [-0.3, -0.25) is 14.9 Å². The van der Waals surface area contributed by atoms with Gasteiger partial charge in [-0.15, -0.1) is 10.2 Å². The monoisotopic (exact) mass is 438 g/mol. The lowest BCUT2D eigenvalue weighted by molar-refractivity contribution is -0.117. The number of aromatic nitrogens is 2. The lowest BCUT2D eigenvalue weighted by Crippen LogP contribution is -2.25. The minimum Gasteiger partial charge on any atom is -0.311 e. The van der Waals surface area contributed by atoms with E-state index in [9.17, 15) is 9.59 Å². The molecule has 1 N–H and O–H groups in total. The van der Waals surface area contributed by atoms with Crippen LogP contribution in [0.15, 0.2) is 54.6 Å². The Hall–Kier alpha value is -3.03. The van der Waals surface area contributed by atoms with Gasteiger partial charge in [0.1, 0.15) is 5.01 Å². The van der Waals surface area contributed by atoms with Gasteiger partial charge in [-0.1, -0.05) is 53.3 Å². The maximum atomic E-state index is 12.5. The van der Waals surface area contributed by atoms with Crippen LogP contribution in [0.4, 0.5) is 10.8 Å². The number of nitrogens with zero attached hydrogens (tertiary/aromatic N) is 3. The maximum absolute atomic E-state index is 12.5. The van der Waals surface area contributed by atoms with E-state index in [-0.39, 0.29) is 17.7 Å². The smallest absolute Gasteiger partial charge is 0.250 e. The van der Waals surface area contributed by atoms with Gasteiger partial charge in [-0.05, 0) is 42.3 Å². The second-order valence-corrected chi connectivity index (χ2v) is 8.46. The molecular weight excluding hydrogens is 420 g/mol.